The summed E-state index contributed by atoms with van der Waals surface area (Å²) in [6.07, 6.45) is 7.09. The quantitative estimate of drug-likeness (QED) is 0.806. The molecule has 3 nitrogen and oxygen atoms in total. The van der Waals surface area contributed by atoms with Crippen LogP contribution in [0.2, 0.25) is 0 Å². The summed E-state index contributed by atoms with van der Waals surface area (Å²) in [5.74, 6) is 0.720. The summed E-state index contributed by atoms with van der Waals surface area (Å²) in [6, 6.07) is 0.437. The molecule has 0 spiro atoms. The van der Waals surface area contributed by atoms with E-state index in [0.29, 0.717) is 17.9 Å². The van der Waals surface area contributed by atoms with Crippen LogP contribution in [0.4, 0.5) is 0 Å². The first-order valence-corrected chi connectivity index (χ1v) is 6.26. The second-order valence-electron chi connectivity index (χ2n) is 4.93. The van der Waals surface area contributed by atoms with Crippen molar-refractivity contribution in [2.45, 2.75) is 44.6 Å². The van der Waals surface area contributed by atoms with Gasteiger partial charge in [0.2, 0.25) is 5.91 Å². The summed E-state index contributed by atoms with van der Waals surface area (Å²) in [5.41, 5.74) is 0. The molecule has 2 fully saturated rings. The summed E-state index contributed by atoms with van der Waals surface area (Å²) >= 11 is 0. The molecule has 1 N–H and O–H groups in total. The van der Waals surface area contributed by atoms with E-state index in [9.17, 15) is 4.79 Å². The van der Waals surface area contributed by atoms with Gasteiger partial charge >= 0.3 is 0 Å². The van der Waals surface area contributed by atoms with E-state index in [1.807, 2.05) is 11.9 Å². The van der Waals surface area contributed by atoms with Crippen molar-refractivity contribution in [2.75, 3.05) is 20.1 Å². The number of piperidine rings is 1. The Bertz CT molecular complexity index is 223. The molecule has 0 aromatic rings. The number of likely N-dealkylation sites (N-methyl/N-ethyl adjacent to an activating group) is 1. The normalized spacial score (nSPS) is 26.2. The maximum Gasteiger partial charge on any atom is 0.225 e. The number of hydrogen-bond acceptors (Lipinski definition) is 2. The molecule has 1 aliphatic heterocycles. The molecular weight excluding hydrogens is 224 g/mol. The van der Waals surface area contributed by atoms with Gasteiger partial charge in [-0.1, -0.05) is 12.8 Å². The smallest absolute Gasteiger partial charge is 0.225 e. The fourth-order valence-corrected chi connectivity index (χ4v) is 2.80. The predicted molar refractivity (Wildman–Crippen MR) is 67.9 cm³/mol. The number of carbonyl (C=O) groups is 1. The molecular formula is C12H23ClN2O. The van der Waals surface area contributed by atoms with E-state index in [-0.39, 0.29) is 12.4 Å². The predicted octanol–water partition coefficient (Wildman–Crippen LogP) is 1.81. The van der Waals surface area contributed by atoms with E-state index >= 15 is 0 Å². The molecule has 0 radical (unpaired) electrons. The van der Waals surface area contributed by atoms with Gasteiger partial charge < -0.3 is 10.2 Å². The third kappa shape index (κ3) is 3.11. The highest BCUT2D eigenvalue weighted by atomic mass is 35.5. The Morgan fingerprint density at radius 2 is 1.88 bits per heavy atom. The largest absolute Gasteiger partial charge is 0.341 e. The fourth-order valence-electron chi connectivity index (χ4n) is 2.80. The zero-order valence-electron chi connectivity index (χ0n) is 10.1. The number of nitrogens with zero attached hydrogens (tertiary/aromatic N) is 1. The molecule has 0 unspecified atom stereocenters. The van der Waals surface area contributed by atoms with Crippen LogP contribution in [0.3, 0.4) is 0 Å². The van der Waals surface area contributed by atoms with Crippen LogP contribution in [0.25, 0.3) is 0 Å². The molecule has 1 atom stereocenters. The zero-order chi connectivity index (χ0) is 10.7. The highest BCUT2D eigenvalue weighted by molar-refractivity contribution is 5.85. The van der Waals surface area contributed by atoms with Crippen LogP contribution in [0.5, 0.6) is 0 Å². The minimum atomic E-state index is 0. The Balaban J connectivity index is 0.00000128. The van der Waals surface area contributed by atoms with E-state index in [1.54, 1.807) is 0 Å². The molecule has 16 heavy (non-hydrogen) atoms. The lowest BCUT2D eigenvalue weighted by atomic mass is 10.0. The van der Waals surface area contributed by atoms with Crippen LogP contribution < -0.4 is 5.32 Å². The average Bonchev–Trinajstić information content (AvgIpc) is 2.82. The monoisotopic (exact) mass is 246 g/mol. The summed E-state index contributed by atoms with van der Waals surface area (Å²) < 4.78 is 0. The Morgan fingerprint density at radius 3 is 2.44 bits per heavy atom. The number of amides is 1. The first kappa shape index (κ1) is 13.8. The fraction of sp³-hybridized carbons (Fsp3) is 0.917. The lowest BCUT2D eigenvalue weighted by Gasteiger charge is -2.33. The van der Waals surface area contributed by atoms with Gasteiger partial charge in [0, 0.05) is 25.6 Å². The molecule has 2 aliphatic rings. The summed E-state index contributed by atoms with van der Waals surface area (Å²) in [7, 11) is 1.98. The standard InChI is InChI=1S/C12H22N2O.ClH/c1-14(11-7-4-8-13-9-11)12(15)10-5-2-3-6-10;/h10-11,13H,2-9H2,1H3;1H/t11-;/m1./s1. The van der Waals surface area contributed by atoms with Gasteiger partial charge in [-0.05, 0) is 32.2 Å². The SMILES string of the molecule is CN(C(=O)C1CCCC1)[C@@H]1CCCNC1.Cl. The van der Waals surface area contributed by atoms with Crippen molar-refractivity contribution in [1.82, 2.24) is 10.2 Å². The van der Waals surface area contributed by atoms with Crippen LogP contribution in [-0.4, -0.2) is 37.0 Å². The van der Waals surface area contributed by atoms with Crippen molar-refractivity contribution in [2.24, 2.45) is 5.92 Å². The Kier molecular flexibility index (Phi) is 5.56. The summed E-state index contributed by atoms with van der Waals surface area (Å²) in [6.45, 7) is 2.09. The molecule has 1 amide bonds. The molecule has 1 heterocycles. The molecule has 0 bridgehead atoms. The molecule has 1 aliphatic carbocycles. The van der Waals surface area contributed by atoms with Crippen LogP contribution >= 0.6 is 12.4 Å². The van der Waals surface area contributed by atoms with Gasteiger partial charge in [-0.3, -0.25) is 4.79 Å². The third-order valence-electron chi connectivity index (χ3n) is 3.87. The van der Waals surface area contributed by atoms with E-state index in [0.717, 1.165) is 25.9 Å². The highest BCUT2D eigenvalue weighted by Gasteiger charge is 2.29. The summed E-state index contributed by atoms with van der Waals surface area (Å²) in [4.78, 5) is 14.1. The van der Waals surface area contributed by atoms with Crippen molar-refractivity contribution in [1.29, 1.82) is 0 Å². The van der Waals surface area contributed by atoms with Crippen molar-refractivity contribution in [3.63, 3.8) is 0 Å². The molecule has 2 rings (SSSR count). The molecule has 0 aromatic heterocycles. The molecule has 1 saturated carbocycles. The maximum absolute atomic E-state index is 12.1. The van der Waals surface area contributed by atoms with Crippen LogP contribution in [0.15, 0.2) is 0 Å². The van der Waals surface area contributed by atoms with Crippen molar-refractivity contribution in [3.05, 3.63) is 0 Å². The Hall–Kier alpha value is -0.280. The molecule has 1 saturated heterocycles. The summed E-state index contributed by atoms with van der Waals surface area (Å²) in [5, 5.41) is 3.37. The molecule has 94 valence electrons. The lowest BCUT2D eigenvalue weighted by molar-refractivity contribution is -0.136. The van der Waals surface area contributed by atoms with Crippen LogP contribution in [0.1, 0.15) is 38.5 Å². The number of rotatable bonds is 2. The van der Waals surface area contributed by atoms with Gasteiger partial charge in [0.1, 0.15) is 0 Å². The number of hydrogen-bond donors (Lipinski definition) is 1. The Labute approximate surface area is 104 Å². The van der Waals surface area contributed by atoms with E-state index in [4.69, 9.17) is 0 Å². The maximum atomic E-state index is 12.1. The first-order chi connectivity index (χ1) is 7.29. The lowest BCUT2D eigenvalue weighted by Crippen LogP contribution is -2.48. The average molecular weight is 247 g/mol. The van der Waals surface area contributed by atoms with Crippen molar-refractivity contribution in [3.8, 4) is 0 Å². The minimum Gasteiger partial charge on any atom is -0.341 e. The van der Waals surface area contributed by atoms with Gasteiger partial charge in [0.25, 0.3) is 0 Å². The Morgan fingerprint density at radius 1 is 1.19 bits per heavy atom. The first-order valence-electron chi connectivity index (χ1n) is 6.26. The molecule has 4 heteroatoms. The van der Waals surface area contributed by atoms with Gasteiger partial charge in [0.15, 0.2) is 0 Å². The van der Waals surface area contributed by atoms with Crippen LogP contribution in [0, 0.1) is 5.92 Å². The second-order valence-corrected chi connectivity index (χ2v) is 4.93. The van der Waals surface area contributed by atoms with Gasteiger partial charge in [-0.2, -0.15) is 0 Å². The zero-order valence-corrected chi connectivity index (χ0v) is 10.9. The number of nitrogens with one attached hydrogen (secondary N) is 1. The van der Waals surface area contributed by atoms with Gasteiger partial charge in [0.05, 0.1) is 0 Å². The van der Waals surface area contributed by atoms with Crippen molar-refractivity contribution < 1.29 is 4.79 Å². The highest BCUT2D eigenvalue weighted by Crippen LogP contribution is 2.27. The van der Waals surface area contributed by atoms with E-state index < -0.39 is 0 Å². The number of halogens is 1. The minimum absolute atomic E-state index is 0. The molecule has 0 aromatic carbocycles. The topological polar surface area (TPSA) is 32.3 Å². The van der Waals surface area contributed by atoms with E-state index in [2.05, 4.69) is 5.32 Å². The van der Waals surface area contributed by atoms with Gasteiger partial charge in [-0.15, -0.1) is 12.4 Å². The number of carbonyl (C=O) groups excluding carboxylic acids is 1. The van der Waals surface area contributed by atoms with Gasteiger partial charge in [-0.25, -0.2) is 0 Å². The van der Waals surface area contributed by atoms with Crippen LogP contribution in [-0.2, 0) is 4.79 Å². The van der Waals surface area contributed by atoms with Crippen molar-refractivity contribution >= 4 is 18.3 Å². The third-order valence-corrected chi connectivity index (χ3v) is 3.87. The second kappa shape index (κ2) is 6.45. The van der Waals surface area contributed by atoms with E-state index in [1.165, 1.54) is 25.7 Å².